The number of hydrogen-bond donors (Lipinski definition) is 2. The van der Waals surface area contributed by atoms with Crippen LogP contribution in [0.4, 0.5) is 0 Å². The first-order valence-electron chi connectivity index (χ1n) is 4.42. The van der Waals surface area contributed by atoms with Gasteiger partial charge in [0.25, 0.3) is 0 Å². The molecule has 3 unspecified atom stereocenters. The standard InChI is InChI=1S/C9H16N2/c1-5-7-3-4-8(11-7)6(2)9(5)10/h5,7-8,11H,3-4,10H2,1-2H3. The molecule has 0 aromatic rings. The van der Waals surface area contributed by atoms with E-state index in [1.807, 2.05) is 0 Å². The molecule has 1 saturated heterocycles. The van der Waals surface area contributed by atoms with Crippen LogP contribution in [0.1, 0.15) is 26.7 Å². The smallest absolute Gasteiger partial charge is 0.0300 e. The maximum atomic E-state index is 5.98. The summed E-state index contributed by atoms with van der Waals surface area (Å²) >= 11 is 0. The number of nitrogens with one attached hydrogen (secondary N) is 1. The van der Waals surface area contributed by atoms with Crippen molar-refractivity contribution in [2.75, 3.05) is 0 Å². The Balaban J connectivity index is 2.34. The second-order valence-corrected chi connectivity index (χ2v) is 3.83. The summed E-state index contributed by atoms with van der Waals surface area (Å²) in [4.78, 5) is 0. The summed E-state index contributed by atoms with van der Waals surface area (Å²) in [6.07, 6.45) is 2.57. The van der Waals surface area contributed by atoms with Crippen LogP contribution in [0.2, 0.25) is 0 Å². The Labute approximate surface area is 67.8 Å². The maximum absolute atomic E-state index is 5.98. The number of fused-ring (bicyclic) bond motifs is 2. The molecule has 0 radical (unpaired) electrons. The third kappa shape index (κ3) is 0.890. The van der Waals surface area contributed by atoms with Gasteiger partial charge in [0.05, 0.1) is 0 Å². The highest BCUT2D eigenvalue weighted by Gasteiger charge is 2.35. The second kappa shape index (κ2) is 2.24. The Morgan fingerprint density at radius 3 is 2.91 bits per heavy atom. The van der Waals surface area contributed by atoms with Crippen LogP contribution in [-0.4, -0.2) is 12.1 Å². The lowest BCUT2D eigenvalue weighted by molar-refractivity contribution is 0.424. The van der Waals surface area contributed by atoms with Gasteiger partial charge in [-0.2, -0.15) is 0 Å². The summed E-state index contributed by atoms with van der Waals surface area (Å²) in [6, 6.07) is 1.25. The average Bonchev–Trinajstić information content (AvgIpc) is 2.44. The van der Waals surface area contributed by atoms with E-state index in [-0.39, 0.29) is 0 Å². The number of hydrogen-bond acceptors (Lipinski definition) is 2. The highest BCUT2D eigenvalue weighted by atomic mass is 15.0. The lowest BCUT2D eigenvalue weighted by Gasteiger charge is -2.29. The predicted molar refractivity (Wildman–Crippen MR) is 46.0 cm³/mol. The van der Waals surface area contributed by atoms with Gasteiger partial charge in [0.1, 0.15) is 0 Å². The van der Waals surface area contributed by atoms with Crippen molar-refractivity contribution in [3.05, 3.63) is 11.3 Å². The van der Waals surface area contributed by atoms with Gasteiger partial charge in [0.15, 0.2) is 0 Å². The summed E-state index contributed by atoms with van der Waals surface area (Å²) in [6.45, 7) is 4.38. The van der Waals surface area contributed by atoms with Crippen molar-refractivity contribution in [1.82, 2.24) is 5.32 Å². The topological polar surface area (TPSA) is 38.0 Å². The van der Waals surface area contributed by atoms with Crippen LogP contribution in [0.25, 0.3) is 0 Å². The van der Waals surface area contributed by atoms with Gasteiger partial charge in [-0.05, 0) is 25.3 Å². The van der Waals surface area contributed by atoms with Gasteiger partial charge in [-0.3, -0.25) is 0 Å². The van der Waals surface area contributed by atoms with Crippen molar-refractivity contribution >= 4 is 0 Å². The summed E-state index contributed by atoms with van der Waals surface area (Å²) in [5.41, 5.74) is 8.50. The Hall–Kier alpha value is -0.500. The molecular formula is C9H16N2. The quantitative estimate of drug-likeness (QED) is 0.543. The first-order valence-corrected chi connectivity index (χ1v) is 4.42. The van der Waals surface area contributed by atoms with Crippen molar-refractivity contribution in [3.63, 3.8) is 0 Å². The van der Waals surface area contributed by atoms with Gasteiger partial charge in [-0.15, -0.1) is 0 Å². The maximum Gasteiger partial charge on any atom is 0.0300 e. The molecule has 0 spiro atoms. The molecule has 0 aromatic carbocycles. The van der Waals surface area contributed by atoms with Crippen molar-refractivity contribution in [2.45, 2.75) is 38.8 Å². The molecule has 11 heavy (non-hydrogen) atoms. The summed E-state index contributed by atoms with van der Waals surface area (Å²) in [7, 11) is 0. The fourth-order valence-corrected chi connectivity index (χ4v) is 2.28. The fourth-order valence-electron chi connectivity index (χ4n) is 2.28. The van der Waals surface area contributed by atoms with Crippen LogP contribution in [0, 0.1) is 5.92 Å². The number of rotatable bonds is 0. The van der Waals surface area contributed by atoms with E-state index in [1.54, 1.807) is 0 Å². The fraction of sp³-hybridized carbons (Fsp3) is 0.778. The largest absolute Gasteiger partial charge is 0.402 e. The zero-order valence-corrected chi connectivity index (χ0v) is 7.22. The van der Waals surface area contributed by atoms with Crippen molar-refractivity contribution in [1.29, 1.82) is 0 Å². The Morgan fingerprint density at radius 1 is 1.45 bits per heavy atom. The van der Waals surface area contributed by atoms with E-state index in [0.717, 1.165) is 5.70 Å². The molecule has 62 valence electrons. The molecule has 3 N–H and O–H groups in total. The minimum Gasteiger partial charge on any atom is -0.402 e. The van der Waals surface area contributed by atoms with Gasteiger partial charge in [0, 0.05) is 23.7 Å². The molecule has 0 amide bonds. The highest BCUT2D eigenvalue weighted by Crippen LogP contribution is 2.32. The molecule has 1 fully saturated rings. The first-order chi connectivity index (χ1) is 5.20. The van der Waals surface area contributed by atoms with Crippen LogP contribution in [0.3, 0.4) is 0 Å². The van der Waals surface area contributed by atoms with Crippen LogP contribution < -0.4 is 11.1 Å². The van der Waals surface area contributed by atoms with Gasteiger partial charge in [-0.25, -0.2) is 0 Å². The third-order valence-electron chi connectivity index (χ3n) is 3.25. The average molecular weight is 152 g/mol. The number of nitrogens with two attached hydrogens (primary N) is 1. The highest BCUT2D eigenvalue weighted by molar-refractivity contribution is 5.25. The third-order valence-corrected chi connectivity index (χ3v) is 3.25. The van der Waals surface area contributed by atoms with Crippen molar-refractivity contribution in [3.8, 4) is 0 Å². The van der Waals surface area contributed by atoms with Crippen LogP contribution >= 0.6 is 0 Å². The van der Waals surface area contributed by atoms with E-state index in [0.29, 0.717) is 18.0 Å². The molecule has 0 aromatic heterocycles. The molecule has 2 heterocycles. The minimum atomic E-state index is 0.550. The molecule has 0 saturated carbocycles. The van der Waals surface area contributed by atoms with Crippen LogP contribution in [0.15, 0.2) is 11.3 Å². The Morgan fingerprint density at radius 2 is 2.18 bits per heavy atom. The van der Waals surface area contributed by atoms with Crippen molar-refractivity contribution in [2.24, 2.45) is 11.7 Å². The molecule has 2 bridgehead atoms. The van der Waals surface area contributed by atoms with Gasteiger partial charge in [0.2, 0.25) is 0 Å². The van der Waals surface area contributed by atoms with Gasteiger partial charge in [-0.1, -0.05) is 6.92 Å². The zero-order valence-electron chi connectivity index (χ0n) is 7.22. The van der Waals surface area contributed by atoms with Crippen LogP contribution in [0.5, 0.6) is 0 Å². The second-order valence-electron chi connectivity index (χ2n) is 3.83. The van der Waals surface area contributed by atoms with E-state index in [1.165, 1.54) is 18.4 Å². The van der Waals surface area contributed by atoms with E-state index >= 15 is 0 Å². The Bertz CT molecular complexity index is 204. The molecule has 2 aliphatic heterocycles. The molecule has 2 heteroatoms. The lowest BCUT2D eigenvalue weighted by Crippen LogP contribution is -2.42. The summed E-state index contributed by atoms with van der Waals surface area (Å²) < 4.78 is 0. The van der Waals surface area contributed by atoms with E-state index in [4.69, 9.17) is 5.73 Å². The first kappa shape index (κ1) is 7.17. The van der Waals surface area contributed by atoms with E-state index in [2.05, 4.69) is 19.2 Å². The monoisotopic (exact) mass is 152 g/mol. The molecule has 3 atom stereocenters. The summed E-state index contributed by atoms with van der Waals surface area (Å²) in [5, 5.41) is 3.58. The SMILES string of the molecule is CC1=C(N)C(C)C2CCC1N2. The van der Waals surface area contributed by atoms with Crippen LogP contribution in [-0.2, 0) is 0 Å². The predicted octanol–water partition coefficient (Wildman–Crippen LogP) is 0.989. The lowest BCUT2D eigenvalue weighted by atomic mass is 9.93. The van der Waals surface area contributed by atoms with Gasteiger partial charge >= 0.3 is 0 Å². The van der Waals surface area contributed by atoms with E-state index in [9.17, 15) is 0 Å². The minimum absolute atomic E-state index is 0.550. The molecule has 2 nitrogen and oxygen atoms in total. The summed E-state index contributed by atoms with van der Waals surface area (Å²) in [5.74, 6) is 0.550. The zero-order chi connectivity index (χ0) is 8.01. The Kier molecular flexibility index (Phi) is 1.46. The van der Waals surface area contributed by atoms with E-state index < -0.39 is 0 Å². The molecule has 2 rings (SSSR count). The van der Waals surface area contributed by atoms with Crippen molar-refractivity contribution < 1.29 is 0 Å². The normalized spacial score (nSPS) is 43.3. The van der Waals surface area contributed by atoms with Gasteiger partial charge < -0.3 is 11.1 Å². The molecular weight excluding hydrogens is 136 g/mol. The molecule has 2 aliphatic rings. The molecule has 0 aliphatic carbocycles.